The van der Waals surface area contributed by atoms with Crippen molar-refractivity contribution < 1.29 is 23.8 Å². The molecule has 5 heteroatoms. The van der Waals surface area contributed by atoms with E-state index in [1.165, 1.54) is 18.2 Å². The van der Waals surface area contributed by atoms with E-state index in [1.54, 1.807) is 0 Å². The number of rotatable bonds is 3. The molecule has 1 aliphatic rings. The Morgan fingerprint density at radius 3 is 2.80 bits per heavy atom. The Hall–Kier alpha value is -1.62. The van der Waals surface area contributed by atoms with Crippen LogP contribution in [0, 0.1) is 5.82 Å². The van der Waals surface area contributed by atoms with Gasteiger partial charge in [0.25, 0.3) is 0 Å². The molecule has 0 aliphatic carbocycles. The van der Waals surface area contributed by atoms with Gasteiger partial charge in [-0.05, 0) is 12.1 Å². The third kappa shape index (κ3) is 1.92. The van der Waals surface area contributed by atoms with Gasteiger partial charge in [0.05, 0.1) is 13.2 Å². The topological polar surface area (TPSA) is 55.8 Å². The second-order valence-corrected chi connectivity index (χ2v) is 3.20. The minimum atomic E-state index is -1.20. The summed E-state index contributed by atoms with van der Waals surface area (Å²) in [6.45, 7) is 0.737. The van der Waals surface area contributed by atoms with Crippen LogP contribution in [0.4, 0.5) is 4.39 Å². The second-order valence-electron chi connectivity index (χ2n) is 3.20. The SMILES string of the molecule is O=C(O)c1cccc(F)c1OC1COC1. The Labute approximate surface area is 85.2 Å². The average Bonchev–Trinajstić information content (AvgIpc) is 2.12. The Morgan fingerprint density at radius 1 is 1.53 bits per heavy atom. The third-order valence-corrected chi connectivity index (χ3v) is 2.09. The van der Waals surface area contributed by atoms with Gasteiger partial charge < -0.3 is 14.6 Å². The average molecular weight is 212 g/mol. The van der Waals surface area contributed by atoms with Crippen molar-refractivity contribution in [1.29, 1.82) is 0 Å². The van der Waals surface area contributed by atoms with Crippen LogP contribution in [0.2, 0.25) is 0 Å². The van der Waals surface area contributed by atoms with Gasteiger partial charge in [-0.2, -0.15) is 0 Å². The molecule has 15 heavy (non-hydrogen) atoms. The van der Waals surface area contributed by atoms with Crippen molar-refractivity contribution in [1.82, 2.24) is 0 Å². The minimum Gasteiger partial charge on any atom is -0.482 e. The maximum absolute atomic E-state index is 13.3. The predicted octanol–water partition coefficient (Wildman–Crippen LogP) is 1.30. The molecule has 0 unspecified atom stereocenters. The number of hydrogen-bond acceptors (Lipinski definition) is 3. The molecule has 1 heterocycles. The van der Waals surface area contributed by atoms with E-state index in [2.05, 4.69) is 0 Å². The van der Waals surface area contributed by atoms with E-state index in [1.807, 2.05) is 0 Å². The van der Waals surface area contributed by atoms with Crippen molar-refractivity contribution in [2.75, 3.05) is 13.2 Å². The van der Waals surface area contributed by atoms with Crippen LogP contribution in [0.1, 0.15) is 10.4 Å². The van der Waals surface area contributed by atoms with Crippen molar-refractivity contribution in [2.45, 2.75) is 6.10 Å². The van der Waals surface area contributed by atoms with Crippen molar-refractivity contribution in [3.8, 4) is 5.75 Å². The zero-order valence-corrected chi connectivity index (χ0v) is 7.77. The van der Waals surface area contributed by atoms with Crippen LogP contribution in [-0.2, 0) is 4.74 Å². The van der Waals surface area contributed by atoms with Crippen LogP contribution in [0.5, 0.6) is 5.75 Å². The first kappa shape index (κ1) is 9.92. The molecule has 4 nitrogen and oxygen atoms in total. The number of aromatic carboxylic acids is 1. The summed E-state index contributed by atoms with van der Waals surface area (Å²) in [5, 5.41) is 8.82. The summed E-state index contributed by atoms with van der Waals surface area (Å²) < 4.78 is 23.3. The molecular weight excluding hydrogens is 203 g/mol. The molecular formula is C10H9FO4. The van der Waals surface area contributed by atoms with Crippen LogP contribution >= 0.6 is 0 Å². The summed E-state index contributed by atoms with van der Waals surface area (Å²) in [6.07, 6.45) is -0.250. The summed E-state index contributed by atoms with van der Waals surface area (Å²) in [6, 6.07) is 3.81. The Balaban J connectivity index is 2.29. The van der Waals surface area contributed by atoms with E-state index in [0.717, 1.165) is 0 Å². The predicted molar refractivity (Wildman–Crippen MR) is 48.6 cm³/mol. The fraction of sp³-hybridized carbons (Fsp3) is 0.300. The second kappa shape index (κ2) is 3.86. The van der Waals surface area contributed by atoms with Crippen LogP contribution < -0.4 is 4.74 Å². The van der Waals surface area contributed by atoms with Crippen molar-refractivity contribution in [3.63, 3.8) is 0 Å². The van der Waals surface area contributed by atoms with E-state index in [-0.39, 0.29) is 17.4 Å². The van der Waals surface area contributed by atoms with Gasteiger partial charge in [0.15, 0.2) is 11.6 Å². The quantitative estimate of drug-likeness (QED) is 0.820. The van der Waals surface area contributed by atoms with Gasteiger partial charge in [0, 0.05) is 0 Å². The first-order valence-electron chi connectivity index (χ1n) is 4.44. The van der Waals surface area contributed by atoms with Crippen LogP contribution in [0.15, 0.2) is 18.2 Å². The number of carbonyl (C=O) groups is 1. The molecule has 1 aromatic rings. The number of hydrogen-bond donors (Lipinski definition) is 1. The summed E-state index contributed by atoms with van der Waals surface area (Å²) in [5.41, 5.74) is -0.165. The van der Waals surface area contributed by atoms with Gasteiger partial charge in [-0.25, -0.2) is 9.18 Å². The number of carboxylic acids is 1. The lowest BCUT2D eigenvalue weighted by atomic mass is 10.2. The monoisotopic (exact) mass is 212 g/mol. The van der Waals surface area contributed by atoms with Crippen molar-refractivity contribution in [2.24, 2.45) is 0 Å². The number of ether oxygens (including phenoxy) is 2. The van der Waals surface area contributed by atoms with E-state index in [0.29, 0.717) is 13.2 Å². The first-order chi connectivity index (χ1) is 7.18. The lowest BCUT2D eigenvalue weighted by Gasteiger charge is -2.27. The highest BCUT2D eigenvalue weighted by Crippen LogP contribution is 2.25. The van der Waals surface area contributed by atoms with E-state index in [9.17, 15) is 9.18 Å². The highest BCUT2D eigenvalue weighted by molar-refractivity contribution is 5.90. The van der Waals surface area contributed by atoms with Gasteiger partial charge in [-0.15, -0.1) is 0 Å². The maximum Gasteiger partial charge on any atom is 0.339 e. The molecule has 1 fully saturated rings. The Kier molecular flexibility index (Phi) is 2.55. The number of para-hydroxylation sites is 1. The fourth-order valence-electron chi connectivity index (χ4n) is 1.25. The highest BCUT2D eigenvalue weighted by Gasteiger charge is 2.24. The van der Waals surface area contributed by atoms with E-state index >= 15 is 0 Å². The van der Waals surface area contributed by atoms with Crippen LogP contribution in [-0.4, -0.2) is 30.4 Å². The highest BCUT2D eigenvalue weighted by atomic mass is 19.1. The van der Waals surface area contributed by atoms with Gasteiger partial charge in [0.1, 0.15) is 11.7 Å². The molecule has 0 aromatic heterocycles. The minimum absolute atomic E-state index is 0.165. The fourth-order valence-corrected chi connectivity index (χ4v) is 1.25. The van der Waals surface area contributed by atoms with E-state index < -0.39 is 11.8 Å². The normalized spacial score (nSPS) is 15.8. The lowest BCUT2D eigenvalue weighted by molar-refractivity contribution is -0.0811. The largest absolute Gasteiger partial charge is 0.482 e. The van der Waals surface area contributed by atoms with Gasteiger partial charge in [0.2, 0.25) is 0 Å². The summed E-state index contributed by atoms with van der Waals surface area (Å²) in [7, 11) is 0. The molecule has 2 rings (SSSR count). The van der Waals surface area contributed by atoms with Gasteiger partial charge in [-0.3, -0.25) is 0 Å². The molecule has 80 valence electrons. The Bertz CT molecular complexity index is 387. The summed E-state index contributed by atoms with van der Waals surface area (Å²) in [4.78, 5) is 10.8. The van der Waals surface area contributed by atoms with Crippen molar-refractivity contribution >= 4 is 5.97 Å². The zero-order valence-electron chi connectivity index (χ0n) is 7.77. The molecule has 1 saturated heterocycles. The van der Waals surface area contributed by atoms with Crippen LogP contribution in [0.3, 0.4) is 0 Å². The van der Waals surface area contributed by atoms with E-state index in [4.69, 9.17) is 14.6 Å². The van der Waals surface area contributed by atoms with Crippen LogP contribution in [0.25, 0.3) is 0 Å². The maximum atomic E-state index is 13.3. The first-order valence-corrected chi connectivity index (χ1v) is 4.44. The molecule has 0 bridgehead atoms. The molecule has 0 saturated carbocycles. The molecule has 0 spiro atoms. The molecule has 0 amide bonds. The van der Waals surface area contributed by atoms with Gasteiger partial charge in [-0.1, -0.05) is 6.07 Å². The Morgan fingerprint density at radius 2 is 2.27 bits per heavy atom. The van der Waals surface area contributed by atoms with Gasteiger partial charge >= 0.3 is 5.97 Å². The molecule has 0 radical (unpaired) electrons. The smallest absolute Gasteiger partial charge is 0.339 e. The zero-order chi connectivity index (χ0) is 10.8. The molecule has 1 aliphatic heterocycles. The number of halogens is 1. The number of benzene rings is 1. The third-order valence-electron chi connectivity index (χ3n) is 2.09. The molecule has 0 atom stereocenters. The molecule has 1 aromatic carbocycles. The summed E-state index contributed by atoms with van der Waals surface area (Å²) in [5.74, 6) is -2.08. The van der Waals surface area contributed by atoms with Crippen molar-refractivity contribution in [3.05, 3.63) is 29.6 Å². The number of carboxylic acid groups (broad SMARTS) is 1. The summed E-state index contributed by atoms with van der Waals surface area (Å²) >= 11 is 0. The standard InChI is InChI=1S/C10H9FO4/c11-8-3-1-2-7(10(12)13)9(8)15-6-4-14-5-6/h1-3,6H,4-5H2,(H,12,13). The lowest BCUT2D eigenvalue weighted by Crippen LogP contribution is -2.39. The molecule has 1 N–H and O–H groups in total.